The summed E-state index contributed by atoms with van der Waals surface area (Å²) in [6.45, 7) is 1.03. The van der Waals surface area contributed by atoms with Gasteiger partial charge in [0, 0.05) is 6.54 Å². The highest BCUT2D eigenvalue weighted by Gasteiger charge is 2.35. The number of rotatable bonds is 7. The van der Waals surface area contributed by atoms with Crippen LogP contribution in [0.3, 0.4) is 0 Å². The fraction of sp³-hybridized carbons (Fsp3) is 0.174. The van der Waals surface area contributed by atoms with Crippen molar-refractivity contribution >= 4 is 28.9 Å². The molecule has 1 aliphatic rings. The first kappa shape index (κ1) is 24.8. The predicted octanol–water partition coefficient (Wildman–Crippen LogP) is 4.23. The van der Waals surface area contributed by atoms with Gasteiger partial charge < -0.3 is 14.8 Å². The number of nitrogens with zero attached hydrogens (tertiary/aromatic N) is 5. The molecule has 1 amide bonds. The van der Waals surface area contributed by atoms with Gasteiger partial charge in [-0.15, -0.1) is 0 Å². The van der Waals surface area contributed by atoms with Crippen molar-refractivity contribution in [2.75, 3.05) is 13.7 Å². The van der Waals surface area contributed by atoms with Gasteiger partial charge in [0.05, 0.1) is 35.8 Å². The number of nitrogens with one attached hydrogen (secondary N) is 1. The molecule has 0 fully saturated rings. The second kappa shape index (κ2) is 10.5. The van der Waals surface area contributed by atoms with Crippen LogP contribution < -0.4 is 14.8 Å². The average Bonchev–Trinajstić information content (AvgIpc) is 3.49. The number of benzene rings is 2. The van der Waals surface area contributed by atoms with Crippen LogP contribution in [0.2, 0.25) is 0 Å². The molecule has 9 nitrogen and oxygen atoms in total. The van der Waals surface area contributed by atoms with Gasteiger partial charge in [-0.3, -0.25) is 9.48 Å². The van der Waals surface area contributed by atoms with E-state index in [1.165, 1.54) is 31.6 Å². The molecule has 1 aliphatic heterocycles. The van der Waals surface area contributed by atoms with Gasteiger partial charge in [-0.2, -0.15) is 28.5 Å². The van der Waals surface area contributed by atoms with E-state index in [2.05, 4.69) is 20.4 Å². The number of carbonyl (C=O) groups is 1. The number of aromatic nitrogens is 3. The molecule has 2 aromatic carbocycles. The Hall–Kier alpha value is -4.31. The maximum Gasteiger partial charge on any atom is 0.420 e. The van der Waals surface area contributed by atoms with E-state index in [1.807, 2.05) is 0 Å². The maximum atomic E-state index is 13.5. The standard InChI is InChI=1S/C23H17F3N6O3S/c1-34-19-9-14(10-20-21(33)31-22(36-20)29-6-7-32-13-28-12-30-32)2-5-18(19)35-17-4-3-15(11-27)8-16(17)23(24,25)26/h2-5,8-10,12-13H,6-7H2,1H3,(H,29,31,33)/b20-10+. The Morgan fingerprint density at radius 2 is 2.00 bits per heavy atom. The highest BCUT2D eigenvalue weighted by molar-refractivity contribution is 8.18. The summed E-state index contributed by atoms with van der Waals surface area (Å²) in [5.74, 6) is -0.700. The second-order valence-corrected chi connectivity index (χ2v) is 8.28. The normalized spacial score (nSPS) is 14.5. The van der Waals surface area contributed by atoms with Crippen LogP contribution in [-0.4, -0.2) is 39.5 Å². The smallest absolute Gasteiger partial charge is 0.420 e. The summed E-state index contributed by atoms with van der Waals surface area (Å²) in [5, 5.41) is 16.4. The molecule has 2 heterocycles. The molecule has 0 aliphatic carbocycles. The van der Waals surface area contributed by atoms with Crippen LogP contribution in [0.15, 0.2) is 59.0 Å². The van der Waals surface area contributed by atoms with Gasteiger partial charge in [-0.25, -0.2) is 4.98 Å². The van der Waals surface area contributed by atoms with Crippen molar-refractivity contribution in [1.82, 2.24) is 20.1 Å². The Bertz CT molecular complexity index is 1380. The number of carbonyl (C=O) groups excluding carboxylic acids is 1. The number of hydrogen-bond acceptors (Lipinski definition) is 8. The lowest BCUT2D eigenvalue weighted by Gasteiger charge is -2.16. The highest BCUT2D eigenvalue weighted by atomic mass is 32.2. The van der Waals surface area contributed by atoms with Crippen molar-refractivity contribution in [3.63, 3.8) is 0 Å². The SMILES string of the molecule is COc1cc(/C=C2/SC(NCCn3cncn3)=NC2=O)ccc1Oc1ccc(C#N)cc1C(F)(F)F. The van der Waals surface area contributed by atoms with Crippen LogP contribution in [0.25, 0.3) is 6.08 Å². The summed E-state index contributed by atoms with van der Waals surface area (Å²) in [5.41, 5.74) is -0.662. The van der Waals surface area contributed by atoms with Crippen LogP contribution in [0.4, 0.5) is 13.2 Å². The highest BCUT2D eigenvalue weighted by Crippen LogP contribution is 2.41. The van der Waals surface area contributed by atoms with Crippen molar-refractivity contribution in [3.05, 3.63) is 70.6 Å². The van der Waals surface area contributed by atoms with Gasteiger partial charge in [0.1, 0.15) is 18.4 Å². The van der Waals surface area contributed by atoms with Crippen LogP contribution >= 0.6 is 11.8 Å². The monoisotopic (exact) mass is 514 g/mol. The zero-order valence-corrected chi connectivity index (χ0v) is 19.4. The first-order valence-electron chi connectivity index (χ1n) is 10.3. The summed E-state index contributed by atoms with van der Waals surface area (Å²) in [6.07, 6.45) is -0.122. The number of alkyl halides is 3. The van der Waals surface area contributed by atoms with Gasteiger partial charge in [0.25, 0.3) is 5.91 Å². The number of halogens is 3. The first-order valence-corrected chi connectivity index (χ1v) is 11.1. The Balaban J connectivity index is 1.48. The molecule has 0 unspecified atom stereocenters. The number of methoxy groups -OCH3 is 1. The molecule has 0 radical (unpaired) electrons. The Kier molecular flexibility index (Phi) is 7.25. The molecule has 0 bridgehead atoms. The summed E-state index contributed by atoms with van der Waals surface area (Å²) >= 11 is 1.16. The van der Waals surface area contributed by atoms with Crippen molar-refractivity contribution in [3.8, 4) is 23.3 Å². The Morgan fingerprint density at radius 1 is 1.19 bits per heavy atom. The lowest BCUT2D eigenvalue weighted by molar-refractivity contribution is -0.138. The van der Waals surface area contributed by atoms with E-state index >= 15 is 0 Å². The van der Waals surface area contributed by atoms with E-state index in [4.69, 9.17) is 14.7 Å². The quantitative estimate of drug-likeness (QED) is 0.466. The van der Waals surface area contributed by atoms with Crippen molar-refractivity contribution in [2.45, 2.75) is 12.7 Å². The molecule has 184 valence electrons. The van der Waals surface area contributed by atoms with E-state index in [0.29, 0.717) is 28.7 Å². The molecular weight excluding hydrogens is 497 g/mol. The number of nitriles is 1. The molecule has 0 spiro atoms. The molecule has 1 N–H and O–H groups in total. The topological polar surface area (TPSA) is 114 Å². The lowest BCUT2D eigenvalue weighted by atomic mass is 10.1. The third-order valence-electron chi connectivity index (χ3n) is 4.82. The zero-order chi connectivity index (χ0) is 25.7. The Labute approximate surface area is 207 Å². The van der Waals surface area contributed by atoms with Crippen LogP contribution in [-0.2, 0) is 17.5 Å². The van der Waals surface area contributed by atoms with E-state index in [1.54, 1.807) is 29.2 Å². The zero-order valence-electron chi connectivity index (χ0n) is 18.6. The molecule has 13 heteroatoms. The second-order valence-electron chi connectivity index (χ2n) is 7.25. The molecule has 4 rings (SSSR count). The number of aliphatic imine (C=N–C) groups is 1. The van der Waals surface area contributed by atoms with Crippen LogP contribution in [0, 0.1) is 11.3 Å². The third-order valence-corrected chi connectivity index (χ3v) is 5.76. The summed E-state index contributed by atoms with van der Waals surface area (Å²) in [6, 6.07) is 9.26. The Morgan fingerprint density at radius 3 is 2.69 bits per heavy atom. The van der Waals surface area contributed by atoms with E-state index in [-0.39, 0.29) is 17.1 Å². The van der Waals surface area contributed by atoms with Gasteiger partial charge in [0.2, 0.25) is 0 Å². The summed E-state index contributed by atoms with van der Waals surface area (Å²) in [4.78, 5) is 20.5. The fourth-order valence-electron chi connectivity index (χ4n) is 3.15. The third kappa shape index (κ3) is 5.84. The largest absolute Gasteiger partial charge is 0.493 e. The molecule has 3 aromatic rings. The fourth-order valence-corrected chi connectivity index (χ4v) is 3.99. The average molecular weight is 514 g/mol. The molecule has 1 aromatic heterocycles. The number of hydrogen-bond donors (Lipinski definition) is 1. The number of amidine groups is 1. The molecule has 36 heavy (non-hydrogen) atoms. The van der Waals surface area contributed by atoms with Gasteiger partial charge in [-0.1, -0.05) is 6.07 Å². The molecule has 0 saturated carbocycles. The van der Waals surface area contributed by atoms with E-state index < -0.39 is 23.4 Å². The van der Waals surface area contributed by atoms with E-state index in [0.717, 1.165) is 23.9 Å². The van der Waals surface area contributed by atoms with Gasteiger partial charge in [-0.05, 0) is 53.7 Å². The summed E-state index contributed by atoms with van der Waals surface area (Å²) < 4.78 is 52.9. The van der Waals surface area contributed by atoms with Crippen LogP contribution in [0.1, 0.15) is 16.7 Å². The number of thioether (sulfide) groups is 1. The number of ether oxygens (including phenoxy) is 2. The minimum atomic E-state index is -4.72. The van der Waals surface area contributed by atoms with Crippen LogP contribution in [0.5, 0.6) is 17.2 Å². The molecule has 0 atom stereocenters. The predicted molar refractivity (Wildman–Crippen MR) is 125 cm³/mol. The van der Waals surface area contributed by atoms with Gasteiger partial charge in [0.15, 0.2) is 16.7 Å². The van der Waals surface area contributed by atoms with Crippen molar-refractivity contribution in [2.24, 2.45) is 4.99 Å². The first-order chi connectivity index (χ1) is 17.3. The van der Waals surface area contributed by atoms with E-state index in [9.17, 15) is 18.0 Å². The maximum absolute atomic E-state index is 13.5. The summed E-state index contributed by atoms with van der Waals surface area (Å²) in [7, 11) is 1.35. The molecular formula is C23H17F3N6O3S. The van der Waals surface area contributed by atoms with Crippen molar-refractivity contribution < 1.29 is 27.4 Å². The lowest BCUT2D eigenvalue weighted by Crippen LogP contribution is -2.24. The van der Waals surface area contributed by atoms with Crippen molar-refractivity contribution in [1.29, 1.82) is 5.26 Å². The van der Waals surface area contributed by atoms with Gasteiger partial charge >= 0.3 is 6.18 Å². The minimum Gasteiger partial charge on any atom is -0.493 e. The molecule has 0 saturated heterocycles. The minimum absolute atomic E-state index is 0.0342. The number of amides is 1.